The van der Waals surface area contributed by atoms with E-state index in [9.17, 15) is 13.2 Å². The number of benzene rings is 1. The van der Waals surface area contributed by atoms with Crippen LogP contribution in [0.4, 0.5) is 0 Å². The van der Waals surface area contributed by atoms with Crippen molar-refractivity contribution in [3.63, 3.8) is 0 Å². The van der Waals surface area contributed by atoms with Gasteiger partial charge in [0.1, 0.15) is 16.7 Å². The fraction of sp³-hybridized carbons (Fsp3) is 0.588. The first kappa shape index (κ1) is 19.4. The molecule has 1 amide bonds. The van der Waals surface area contributed by atoms with Crippen molar-refractivity contribution in [1.29, 1.82) is 0 Å². The summed E-state index contributed by atoms with van der Waals surface area (Å²) in [6.45, 7) is 6.05. The molecule has 0 aliphatic carbocycles. The zero-order chi connectivity index (χ0) is 19.1. The molecule has 1 aromatic carbocycles. The summed E-state index contributed by atoms with van der Waals surface area (Å²) in [6.07, 6.45) is 2.25. The molecule has 3 N–H and O–H groups in total. The van der Waals surface area contributed by atoms with Crippen molar-refractivity contribution < 1.29 is 17.9 Å². The lowest BCUT2D eigenvalue weighted by atomic mass is 10.1. The average molecular weight is 402 g/mol. The van der Waals surface area contributed by atoms with Crippen LogP contribution in [0, 0.1) is 0 Å². The third-order valence-corrected chi connectivity index (χ3v) is 7.05. The highest BCUT2D eigenvalue weighted by atomic mass is 35.5. The molecule has 7 nitrogen and oxygen atoms in total. The van der Waals surface area contributed by atoms with Crippen LogP contribution in [0.3, 0.4) is 0 Å². The molecule has 2 aliphatic heterocycles. The summed E-state index contributed by atoms with van der Waals surface area (Å²) in [7, 11) is -3.88. The number of nitrogens with zero attached hydrogens (tertiary/aromatic N) is 1. The molecule has 2 atom stereocenters. The molecule has 0 radical (unpaired) electrons. The zero-order valence-electron chi connectivity index (χ0n) is 14.9. The highest BCUT2D eigenvalue weighted by molar-refractivity contribution is 7.89. The number of primary amides is 1. The van der Waals surface area contributed by atoms with Gasteiger partial charge in [-0.3, -0.25) is 9.69 Å². The number of hydrogen-bond acceptors (Lipinski definition) is 5. The Balaban J connectivity index is 1.91. The Morgan fingerprint density at radius 1 is 1.50 bits per heavy atom. The van der Waals surface area contributed by atoms with E-state index in [-0.39, 0.29) is 27.6 Å². The van der Waals surface area contributed by atoms with Crippen LogP contribution >= 0.6 is 11.6 Å². The van der Waals surface area contributed by atoms with Crippen LogP contribution in [-0.2, 0) is 16.4 Å². The molecule has 0 bridgehead atoms. The number of fused-ring (bicyclic) bond motifs is 1. The van der Waals surface area contributed by atoms with Gasteiger partial charge in [-0.25, -0.2) is 13.1 Å². The van der Waals surface area contributed by atoms with Crippen molar-refractivity contribution in [1.82, 2.24) is 9.62 Å². The number of ether oxygens (including phenoxy) is 1. The van der Waals surface area contributed by atoms with Gasteiger partial charge in [-0.15, -0.1) is 0 Å². The first-order valence-corrected chi connectivity index (χ1v) is 10.7. The highest BCUT2D eigenvalue weighted by Crippen LogP contribution is 2.41. The Bertz CT molecular complexity index is 828. The van der Waals surface area contributed by atoms with Crippen molar-refractivity contribution in [3.05, 3.63) is 22.2 Å². The molecule has 0 aromatic heterocycles. The van der Waals surface area contributed by atoms with Gasteiger partial charge in [0, 0.05) is 24.6 Å². The number of halogens is 1. The molecule has 1 fully saturated rings. The number of amides is 1. The van der Waals surface area contributed by atoms with Crippen molar-refractivity contribution in [3.8, 4) is 5.75 Å². The first-order chi connectivity index (χ1) is 12.2. The number of likely N-dealkylation sites (N-methyl/N-ethyl adjacent to an activating group) is 1. The molecular weight excluding hydrogens is 378 g/mol. The Hall–Kier alpha value is -1.35. The second-order valence-corrected chi connectivity index (χ2v) is 8.93. The standard InChI is InChI=1S/C17H24ClN3O4S/c1-3-21-6-4-5-11(21)9-20-26(23,24)14-8-13(17(19)22)16-12(15(14)18)7-10(2)25-16/h8,10-11,20H,3-7,9H2,1-2H3,(H2,19,22). The minimum atomic E-state index is -3.88. The fourth-order valence-corrected chi connectivity index (χ4v) is 5.44. The smallest absolute Gasteiger partial charge is 0.252 e. The summed E-state index contributed by atoms with van der Waals surface area (Å²) in [5, 5.41) is 0.0978. The SMILES string of the molecule is CCN1CCCC1CNS(=O)(=O)c1cc(C(N)=O)c2c(c1Cl)CC(C)O2. The van der Waals surface area contributed by atoms with Gasteiger partial charge in [0.25, 0.3) is 5.91 Å². The molecule has 1 saturated heterocycles. The second kappa shape index (κ2) is 7.34. The van der Waals surface area contributed by atoms with E-state index in [4.69, 9.17) is 22.1 Å². The lowest BCUT2D eigenvalue weighted by Gasteiger charge is -2.23. The van der Waals surface area contributed by atoms with E-state index in [1.165, 1.54) is 6.07 Å². The van der Waals surface area contributed by atoms with Crippen molar-refractivity contribution in [2.75, 3.05) is 19.6 Å². The maximum absolute atomic E-state index is 12.9. The topological polar surface area (TPSA) is 102 Å². The molecule has 2 aliphatic rings. The van der Waals surface area contributed by atoms with Gasteiger partial charge in [0.05, 0.1) is 10.6 Å². The average Bonchev–Trinajstić information content (AvgIpc) is 3.18. The van der Waals surface area contributed by atoms with E-state index in [1.54, 1.807) is 0 Å². The third kappa shape index (κ3) is 3.55. The maximum Gasteiger partial charge on any atom is 0.252 e. The van der Waals surface area contributed by atoms with Crippen LogP contribution in [0.1, 0.15) is 42.6 Å². The van der Waals surface area contributed by atoms with Crippen molar-refractivity contribution >= 4 is 27.5 Å². The van der Waals surface area contributed by atoms with Crippen LogP contribution in [0.5, 0.6) is 5.75 Å². The minimum Gasteiger partial charge on any atom is -0.489 e. The fourth-order valence-electron chi connectivity index (χ4n) is 3.72. The van der Waals surface area contributed by atoms with Gasteiger partial charge in [-0.2, -0.15) is 0 Å². The summed E-state index contributed by atoms with van der Waals surface area (Å²) in [4.78, 5) is 13.9. The largest absolute Gasteiger partial charge is 0.489 e. The minimum absolute atomic E-state index is 0.0465. The summed E-state index contributed by atoms with van der Waals surface area (Å²) in [6, 6.07) is 1.39. The molecule has 3 rings (SSSR count). The van der Waals surface area contributed by atoms with Gasteiger partial charge < -0.3 is 10.5 Å². The number of nitrogens with two attached hydrogens (primary N) is 1. The molecule has 144 valence electrons. The van der Waals surface area contributed by atoms with Crippen molar-refractivity contribution in [2.24, 2.45) is 5.73 Å². The molecule has 0 saturated carbocycles. The first-order valence-electron chi connectivity index (χ1n) is 8.80. The van der Waals surface area contributed by atoms with Crippen LogP contribution in [0.15, 0.2) is 11.0 Å². The van der Waals surface area contributed by atoms with Crippen LogP contribution in [0.25, 0.3) is 0 Å². The number of carbonyl (C=O) groups is 1. The van der Waals surface area contributed by atoms with Crippen LogP contribution in [-0.4, -0.2) is 51.0 Å². The number of carbonyl (C=O) groups excluding carboxylic acids is 1. The summed E-state index contributed by atoms with van der Waals surface area (Å²) in [5.74, 6) is -0.446. The maximum atomic E-state index is 12.9. The van der Waals surface area contributed by atoms with Gasteiger partial charge in [-0.1, -0.05) is 18.5 Å². The van der Waals surface area contributed by atoms with E-state index in [0.29, 0.717) is 24.3 Å². The number of sulfonamides is 1. The van der Waals surface area contributed by atoms with Crippen molar-refractivity contribution in [2.45, 2.75) is 50.2 Å². The normalized spacial score (nSPS) is 23.0. The molecular formula is C17H24ClN3O4S. The van der Waals surface area contributed by atoms with Crippen LogP contribution < -0.4 is 15.2 Å². The number of likely N-dealkylation sites (tertiary alicyclic amines) is 1. The Morgan fingerprint density at radius 3 is 2.88 bits per heavy atom. The lowest BCUT2D eigenvalue weighted by Crippen LogP contribution is -2.40. The van der Waals surface area contributed by atoms with E-state index in [1.807, 2.05) is 6.92 Å². The van der Waals surface area contributed by atoms with Gasteiger partial charge in [0.15, 0.2) is 0 Å². The summed E-state index contributed by atoms with van der Waals surface area (Å²) >= 11 is 6.37. The zero-order valence-corrected chi connectivity index (χ0v) is 16.5. The van der Waals surface area contributed by atoms with E-state index in [2.05, 4.69) is 16.5 Å². The highest BCUT2D eigenvalue weighted by Gasteiger charge is 2.33. The molecule has 2 unspecified atom stereocenters. The quantitative estimate of drug-likeness (QED) is 0.752. The van der Waals surface area contributed by atoms with Crippen LogP contribution in [0.2, 0.25) is 5.02 Å². The van der Waals surface area contributed by atoms with E-state index in [0.717, 1.165) is 25.9 Å². The number of nitrogens with one attached hydrogen (secondary N) is 1. The predicted octanol–water partition coefficient (Wildman–Crippen LogP) is 1.52. The molecule has 26 heavy (non-hydrogen) atoms. The predicted molar refractivity (Wildman–Crippen MR) is 99.2 cm³/mol. The molecule has 9 heteroatoms. The van der Waals surface area contributed by atoms with E-state index < -0.39 is 15.9 Å². The Kier molecular flexibility index (Phi) is 5.48. The number of rotatable bonds is 6. The van der Waals surface area contributed by atoms with Gasteiger partial charge >= 0.3 is 0 Å². The molecule has 1 aromatic rings. The van der Waals surface area contributed by atoms with Gasteiger partial charge in [-0.05, 0) is 38.9 Å². The third-order valence-electron chi connectivity index (χ3n) is 5.06. The summed E-state index contributed by atoms with van der Waals surface area (Å²) < 4.78 is 34.0. The van der Waals surface area contributed by atoms with Gasteiger partial charge in [0.2, 0.25) is 10.0 Å². The Morgan fingerprint density at radius 2 is 2.23 bits per heavy atom. The summed E-state index contributed by atoms with van der Waals surface area (Å²) in [5.41, 5.74) is 5.99. The monoisotopic (exact) mass is 401 g/mol. The molecule has 0 spiro atoms. The molecule has 2 heterocycles. The lowest BCUT2D eigenvalue weighted by molar-refractivity contribution is 0.0995. The number of hydrogen-bond donors (Lipinski definition) is 2. The second-order valence-electron chi connectivity index (χ2n) is 6.82. The van der Waals surface area contributed by atoms with E-state index >= 15 is 0 Å². The Labute approximate surface area is 158 Å².